The molecule has 1 aliphatic rings. The van der Waals surface area contributed by atoms with Gasteiger partial charge in [-0.15, -0.1) is 5.10 Å². The Hall–Kier alpha value is -1.40. The summed E-state index contributed by atoms with van der Waals surface area (Å²) in [6.45, 7) is 0.0978. The molecule has 1 aromatic heterocycles. The van der Waals surface area contributed by atoms with Crippen LogP contribution < -0.4 is 0 Å². The van der Waals surface area contributed by atoms with Gasteiger partial charge < -0.3 is 5.11 Å². The fraction of sp³-hybridized carbons (Fsp3) is 0.455. The lowest BCUT2D eigenvalue weighted by molar-refractivity contribution is 0.305. The van der Waals surface area contributed by atoms with Gasteiger partial charge in [-0.2, -0.15) is 5.10 Å². The predicted molar refractivity (Wildman–Crippen MR) is 52.6 cm³/mol. The van der Waals surface area contributed by atoms with Crippen molar-refractivity contribution < 1.29 is 5.11 Å². The molecule has 0 radical (unpaired) electrons. The molecule has 1 heterocycles. The smallest absolute Gasteiger partial charge is 0.135 e. The standard InChI is InChI=1S/C11H12N2O/c14-8-2-1-3-10-6-7-11(13-12-10)9-4-5-9/h6-7,9,14H,2,4-5,8H2. The Morgan fingerprint density at radius 3 is 2.79 bits per heavy atom. The maximum absolute atomic E-state index is 8.53. The summed E-state index contributed by atoms with van der Waals surface area (Å²) in [6, 6.07) is 3.89. The minimum absolute atomic E-state index is 0.0978. The van der Waals surface area contributed by atoms with Gasteiger partial charge in [-0.3, -0.25) is 0 Å². The average molecular weight is 188 g/mol. The van der Waals surface area contributed by atoms with Gasteiger partial charge in [0.25, 0.3) is 0 Å². The zero-order valence-electron chi connectivity index (χ0n) is 7.90. The summed E-state index contributed by atoms with van der Waals surface area (Å²) in [6.07, 6.45) is 2.97. The Labute approximate surface area is 83.2 Å². The summed E-state index contributed by atoms with van der Waals surface area (Å²) in [4.78, 5) is 0. The molecule has 14 heavy (non-hydrogen) atoms. The van der Waals surface area contributed by atoms with Gasteiger partial charge >= 0.3 is 0 Å². The topological polar surface area (TPSA) is 46.0 Å². The lowest BCUT2D eigenvalue weighted by Crippen LogP contribution is -1.92. The molecule has 0 unspecified atom stereocenters. The molecule has 0 aliphatic heterocycles. The summed E-state index contributed by atoms with van der Waals surface area (Å²) >= 11 is 0. The first kappa shape index (κ1) is 9.17. The van der Waals surface area contributed by atoms with Crippen LogP contribution in [0.2, 0.25) is 0 Å². The van der Waals surface area contributed by atoms with Gasteiger partial charge in [0.2, 0.25) is 0 Å². The van der Waals surface area contributed by atoms with Crippen molar-refractivity contribution in [1.29, 1.82) is 0 Å². The number of nitrogens with zero attached hydrogens (tertiary/aromatic N) is 2. The number of aliphatic hydroxyl groups is 1. The van der Waals surface area contributed by atoms with Crippen LogP contribution in [0.4, 0.5) is 0 Å². The first-order chi connectivity index (χ1) is 6.90. The van der Waals surface area contributed by atoms with E-state index in [0.29, 0.717) is 18.0 Å². The van der Waals surface area contributed by atoms with E-state index in [9.17, 15) is 0 Å². The highest BCUT2D eigenvalue weighted by Crippen LogP contribution is 2.38. The second-order valence-electron chi connectivity index (χ2n) is 3.39. The highest BCUT2D eigenvalue weighted by molar-refractivity contribution is 5.27. The molecule has 1 N–H and O–H groups in total. The van der Waals surface area contributed by atoms with Gasteiger partial charge in [0.05, 0.1) is 12.3 Å². The minimum atomic E-state index is 0.0978. The van der Waals surface area contributed by atoms with E-state index in [-0.39, 0.29) is 6.61 Å². The van der Waals surface area contributed by atoms with E-state index in [4.69, 9.17) is 5.11 Å². The fourth-order valence-electron chi connectivity index (χ4n) is 1.22. The molecule has 0 spiro atoms. The van der Waals surface area contributed by atoms with E-state index in [2.05, 4.69) is 22.0 Å². The van der Waals surface area contributed by atoms with Gasteiger partial charge in [-0.05, 0) is 30.9 Å². The largest absolute Gasteiger partial charge is 0.395 e. The van der Waals surface area contributed by atoms with Crippen molar-refractivity contribution in [3.63, 3.8) is 0 Å². The van der Waals surface area contributed by atoms with Crippen LogP contribution in [0.15, 0.2) is 12.1 Å². The molecule has 1 aliphatic carbocycles. The van der Waals surface area contributed by atoms with Crippen molar-refractivity contribution in [1.82, 2.24) is 10.2 Å². The van der Waals surface area contributed by atoms with Crippen molar-refractivity contribution in [2.45, 2.75) is 25.2 Å². The van der Waals surface area contributed by atoms with E-state index >= 15 is 0 Å². The van der Waals surface area contributed by atoms with E-state index in [0.717, 1.165) is 5.69 Å². The molecule has 0 aromatic carbocycles. The van der Waals surface area contributed by atoms with Crippen molar-refractivity contribution in [2.75, 3.05) is 6.61 Å². The van der Waals surface area contributed by atoms with Gasteiger partial charge in [0, 0.05) is 12.3 Å². The van der Waals surface area contributed by atoms with Crippen molar-refractivity contribution in [2.24, 2.45) is 0 Å². The summed E-state index contributed by atoms with van der Waals surface area (Å²) in [7, 11) is 0. The third kappa shape index (κ3) is 2.30. The Morgan fingerprint density at radius 2 is 2.21 bits per heavy atom. The summed E-state index contributed by atoms with van der Waals surface area (Å²) in [5.41, 5.74) is 1.76. The molecule has 72 valence electrons. The number of hydrogen-bond acceptors (Lipinski definition) is 3. The van der Waals surface area contributed by atoms with Crippen molar-refractivity contribution >= 4 is 0 Å². The molecule has 1 saturated carbocycles. The maximum atomic E-state index is 8.53. The summed E-state index contributed by atoms with van der Waals surface area (Å²) in [5.74, 6) is 6.30. The molecule has 3 nitrogen and oxygen atoms in total. The number of aliphatic hydroxyl groups excluding tert-OH is 1. The summed E-state index contributed by atoms with van der Waals surface area (Å²) < 4.78 is 0. The highest BCUT2D eigenvalue weighted by Gasteiger charge is 2.24. The molecule has 2 rings (SSSR count). The zero-order valence-corrected chi connectivity index (χ0v) is 7.90. The van der Waals surface area contributed by atoms with Gasteiger partial charge in [-0.1, -0.05) is 5.92 Å². The first-order valence-corrected chi connectivity index (χ1v) is 4.83. The van der Waals surface area contributed by atoms with E-state index in [1.807, 2.05) is 12.1 Å². The van der Waals surface area contributed by atoms with Crippen molar-refractivity contribution in [3.8, 4) is 11.8 Å². The molecule has 1 aromatic rings. The van der Waals surface area contributed by atoms with E-state index in [1.165, 1.54) is 12.8 Å². The molecule has 1 fully saturated rings. The Morgan fingerprint density at radius 1 is 1.36 bits per heavy atom. The highest BCUT2D eigenvalue weighted by atomic mass is 16.2. The maximum Gasteiger partial charge on any atom is 0.135 e. The minimum Gasteiger partial charge on any atom is -0.395 e. The number of hydrogen-bond donors (Lipinski definition) is 1. The monoisotopic (exact) mass is 188 g/mol. The van der Waals surface area contributed by atoms with E-state index < -0.39 is 0 Å². The number of rotatable bonds is 2. The van der Waals surface area contributed by atoms with Crippen LogP contribution >= 0.6 is 0 Å². The molecule has 0 saturated heterocycles. The molecular formula is C11H12N2O. The Bertz CT molecular complexity index is 357. The molecule has 0 amide bonds. The number of aromatic nitrogens is 2. The second kappa shape index (κ2) is 4.21. The van der Waals surface area contributed by atoms with Crippen LogP contribution in [0.5, 0.6) is 0 Å². The van der Waals surface area contributed by atoms with Gasteiger partial charge in [0.15, 0.2) is 0 Å². The van der Waals surface area contributed by atoms with Gasteiger partial charge in [-0.25, -0.2) is 0 Å². The normalized spacial score (nSPS) is 14.6. The SMILES string of the molecule is OCCC#Cc1ccc(C2CC2)nn1. The van der Waals surface area contributed by atoms with Crippen LogP contribution in [0.3, 0.4) is 0 Å². The molecular weight excluding hydrogens is 176 g/mol. The fourth-order valence-corrected chi connectivity index (χ4v) is 1.22. The zero-order chi connectivity index (χ0) is 9.80. The summed E-state index contributed by atoms with van der Waals surface area (Å²) in [5, 5.41) is 16.6. The second-order valence-corrected chi connectivity index (χ2v) is 3.39. The van der Waals surface area contributed by atoms with Crippen LogP contribution in [0.1, 0.15) is 36.6 Å². The van der Waals surface area contributed by atoms with E-state index in [1.54, 1.807) is 0 Å². The molecule has 3 heteroatoms. The van der Waals surface area contributed by atoms with Crippen LogP contribution in [-0.4, -0.2) is 21.9 Å². The average Bonchev–Trinajstić information content (AvgIpc) is 3.03. The third-order valence-electron chi connectivity index (χ3n) is 2.13. The predicted octanol–water partition coefficient (Wildman–Crippen LogP) is 1.09. The third-order valence-corrected chi connectivity index (χ3v) is 2.13. The Balaban J connectivity index is 2.03. The quantitative estimate of drug-likeness (QED) is 0.706. The van der Waals surface area contributed by atoms with Crippen LogP contribution in [0, 0.1) is 11.8 Å². The lowest BCUT2D eigenvalue weighted by Gasteiger charge is -1.93. The Kier molecular flexibility index (Phi) is 2.76. The van der Waals surface area contributed by atoms with Crippen LogP contribution in [-0.2, 0) is 0 Å². The first-order valence-electron chi connectivity index (χ1n) is 4.83. The van der Waals surface area contributed by atoms with Gasteiger partial charge in [0.1, 0.15) is 5.69 Å². The lowest BCUT2D eigenvalue weighted by atomic mass is 10.2. The molecule has 0 atom stereocenters. The van der Waals surface area contributed by atoms with Crippen molar-refractivity contribution in [3.05, 3.63) is 23.5 Å². The van der Waals surface area contributed by atoms with Crippen LogP contribution in [0.25, 0.3) is 0 Å². The molecule has 0 bridgehead atoms.